The third-order valence-electron chi connectivity index (χ3n) is 7.31. The summed E-state index contributed by atoms with van der Waals surface area (Å²) < 4.78 is 46.3. The van der Waals surface area contributed by atoms with Crippen LogP contribution in [0.3, 0.4) is 0 Å². The van der Waals surface area contributed by atoms with Gasteiger partial charge in [-0.1, -0.05) is 35.5 Å². The van der Waals surface area contributed by atoms with Crippen LogP contribution in [-0.2, 0) is 18.4 Å². The maximum absolute atomic E-state index is 14.8. The molecule has 3 N–H and O–H groups in total. The first-order chi connectivity index (χ1) is 18.5. The molecule has 1 aliphatic heterocycles. The van der Waals surface area contributed by atoms with Gasteiger partial charge >= 0.3 is 5.97 Å². The molecule has 206 valence electrons. The minimum Gasteiger partial charge on any atom is -0.487 e. The van der Waals surface area contributed by atoms with Crippen LogP contribution in [0, 0.1) is 19.7 Å². The van der Waals surface area contributed by atoms with Gasteiger partial charge in [0.2, 0.25) is 0 Å². The Kier molecular flexibility index (Phi) is 7.10. The van der Waals surface area contributed by atoms with E-state index in [-0.39, 0.29) is 30.2 Å². The van der Waals surface area contributed by atoms with Crippen LogP contribution in [0.15, 0.2) is 53.4 Å². The first kappa shape index (κ1) is 27.1. The molecule has 9 nitrogen and oxygen atoms in total. The summed E-state index contributed by atoms with van der Waals surface area (Å²) in [4.78, 5) is 11.7. The van der Waals surface area contributed by atoms with Gasteiger partial charge < -0.3 is 9.84 Å². The number of carboxylic acid groups (broad SMARTS) is 1. The van der Waals surface area contributed by atoms with E-state index >= 15 is 0 Å². The molecule has 0 fully saturated rings. The third kappa shape index (κ3) is 4.98. The highest BCUT2D eigenvalue weighted by Gasteiger charge is 2.36. The van der Waals surface area contributed by atoms with E-state index in [9.17, 15) is 23.4 Å². The van der Waals surface area contributed by atoms with Crippen molar-refractivity contribution in [3.63, 3.8) is 0 Å². The molecule has 0 aliphatic carbocycles. The van der Waals surface area contributed by atoms with E-state index in [0.717, 1.165) is 33.3 Å². The fourth-order valence-electron chi connectivity index (χ4n) is 5.25. The standard InChI is InChI=1S/C28H31FN4O5S/c1-16-8-9-19(22(13-26(34)35)21-10-11-24-27(18(21)3)30-31-32(24)4)12-20(16)15-33-14-17(2)38-25-7-5-6-23(29)28(25)39(33,36)37/h5-12,17,22,36-37H,13-15H2,1-4H3,(H,34,35)/t17-,22?/m1/s1. The van der Waals surface area contributed by atoms with E-state index in [0.29, 0.717) is 5.52 Å². The van der Waals surface area contributed by atoms with Crippen molar-refractivity contribution in [2.45, 2.75) is 50.7 Å². The third-order valence-corrected chi connectivity index (χ3v) is 9.25. The summed E-state index contributed by atoms with van der Waals surface area (Å²) in [6.07, 6.45) is -0.568. The molecular formula is C28H31FN4O5S. The zero-order valence-corrected chi connectivity index (χ0v) is 22.9. The van der Waals surface area contributed by atoms with Crippen LogP contribution in [0.25, 0.3) is 11.0 Å². The van der Waals surface area contributed by atoms with Crippen LogP contribution in [0.1, 0.15) is 47.1 Å². The number of hydrogen-bond acceptors (Lipinski definition) is 7. The molecule has 3 aromatic carbocycles. The summed E-state index contributed by atoms with van der Waals surface area (Å²) in [6, 6.07) is 13.7. The molecule has 0 saturated heterocycles. The van der Waals surface area contributed by atoms with Crippen molar-refractivity contribution in [3.05, 3.63) is 82.2 Å². The van der Waals surface area contributed by atoms with Crippen LogP contribution in [-0.4, -0.2) is 52.1 Å². The molecule has 2 heterocycles. The molecule has 5 rings (SSSR count). The lowest BCUT2D eigenvalue weighted by Crippen LogP contribution is -2.33. The van der Waals surface area contributed by atoms with Crippen molar-refractivity contribution in [2.75, 3.05) is 6.54 Å². The number of halogens is 1. The molecule has 4 aromatic rings. The van der Waals surface area contributed by atoms with E-state index in [1.807, 2.05) is 44.2 Å². The summed E-state index contributed by atoms with van der Waals surface area (Å²) in [5.41, 5.74) is 5.68. The van der Waals surface area contributed by atoms with Gasteiger partial charge in [-0.15, -0.1) is 15.9 Å². The quantitative estimate of drug-likeness (QED) is 0.280. The van der Waals surface area contributed by atoms with Crippen molar-refractivity contribution in [2.24, 2.45) is 7.05 Å². The second-order valence-electron chi connectivity index (χ2n) is 10.0. The molecule has 39 heavy (non-hydrogen) atoms. The van der Waals surface area contributed by atoms with Crippen molar-refractivity contribution in [3.8, 4) is 5.75 Å². The second kappa shape index (κ2) is 10.2. The maximum atomic E-state index is 14.8. The Hall–Kier alpha value is -3.51. The zero-order valence-electron chi connectivity index (χ0n) is 22.1. The Morgan fingerprint density at radius 2 is 1.97 bits per heavy atom. The number of carboxylic acids is 1. The largest absolute Gasteiger partial charge is 0.487 e. The number of hydrogen-bond donors (Lipinski definition) is 3. The first-order valence-electron chi connectivity index (χ1n) is 12.6. The lowest BCUT2D eigenvalue weighted by Gasteiger charge is -2.42. The van der Waals surface area contributed by atoms with Gasteiger partial charge in [0.15, 0.2) is 10.7 Å². The minimum atomic E-state index is -3.71. The van der Waals surface area contributed by atoms with E-state index in [1.54, 1.807) is 18.7 Å². The Labute approximate surface area is 227 Å². The summed E-state index contributed by atoms with van der Waals surface area (Å²) >= 11 is 0. The van der Waals surface area contributed by atoms with Gasteiger partial charge in [0, 0.05) is 19.5 Å². The lowest BCUT2D eigenvalue weighted by atomic mass is 9.84. The average Bonchev–Trinajstić information content (AvgIpc) is 3.20. The number of ether oxygens (including phenoxy) is 1. The van der Waals surface area contributed by atoms with Gasteiger partial charge in [-0.3, -0.25) is 13.9 Å². The summed E-state index contributed by atoms with van der Waals surface area (Å²) in [6.45, 7) is 5.86. The van der Waals surface area contributed by atoms with E-state index in [1.165, 1.54) is 22.5 Å². The van der Waals surface area contributed by atoms with Gasteiger partial charge in [0.1, 0.15) is 17.4 Å². The number of rotatable bonds is 6. The van der Waals surface area contributed by atoms with Crippen molar-refractivity contribution in [1.29, 1.82) is 0 Å². The lowest BCUT2D eigenvalue weighted by molar-refractivity contribution is -0.137. The Morgan fingerprint density at radius 1 is 1.21 bits per heavy atom. The van der Waals surface area contributed by atoms with Gasteiger partial charge in [0.25, 0.3) is 0 Å². The number of carbonyl (C=O) groups is 1. The highest BCUT2D eigenvalue weighted by molar-refractivity contribution is 8.22. The molecule has 0 amide bonds. The summed E-state index contributed by atoms with van der Waals surface area (Å²) in [7, 11) is -1.90. The minimum absolute atomic E-state index is 0.103. The monoisotopic (exact) mass is 554 g/mol. The fraction of sp³-hybridized carbons (Fsp3) is 0.321. The molecule has 1 aromatic heterocycles. The van der Waals surface area contributed by atoms with Gasteiger partial charge in [-0.25, -0.2) is 9.07 Å². The zero-order chi connectivity index (χ0) is 28.1. The van der Waals surface area contributed by atoms with E-state index in [2.05, 4.69) is 10.3 Å². The Balaban J connectivity index is 1.56. The fourth-order valence-corrected chi connectivity index (χ4v) is 6.96. The van der Waals surface area contributed by atoms with Crippen molar-refractivity contribution in [1.82, 2.24) is 19.3 Å². The number of aliphatic carboxylic acids is 1. The molecule has 2 atom stereocenters. The highest BCUT2D eigenvalue weighted by Crippen LogP contribution is 2.58. The van der Waals surface area contributed by atoms with Crippen molar-refractivity contribution >= 4 is 27.8 Å². The van der Waals surface area contributed by atoms with Crippen LogP contribution in [0.5, 0.6) is 5.75 Å². The van der Waals surface area contributed by atoms with Crippen LogP contribution in [0.2, 0.25) is 0 Å². The molecule has 0 saturated carbocycles. The van der Waals surface area contributed by atoms with Crippen LogP contribution in [0.4, 0.5) is 4.39 Å². The summed E-state index contributed by atoms with van der Waals surface area (Å²) in [5.74, 6) is -2.04. The van der Waals surface area contributed by atoms with Crippen LogP contribution >= 0.6 is 10.8 Å². The average molecular weight is 555 g/mol. The SMILES string of the molecule is Cc1ccc(C(CC(=O)O)c2ccc3c(nnn3C)c2C)cc1CN1C[C@@H](C)Oc2cccc(F)c2S1(O)O. The van der Waals surface area contributed by atoms with Crippen molar-refractivity contribution < 1.29 is 28.1 Å². The maximum Gasteiger partial charge on any atom is 0.304 e. The number of benzene rings is 3. The number of aryl methyl sites for hydroxylation is 3. The molecule has 1 unspecified atom stereocenters. The number of fused-ring (bicyclic) bond motifs is 2. The molecule has 0 radical (unpaired) electrons. The second-order valence-corrected chi connectivity index (χ2v) is 12.0. The highest BCUT2D eigenvalue weighted by atomic mass is 32.3. The Morgan fingerprint density at radius 3 is 2.72 bits per heavy atom. The molecular weight excluding hydrogens is 523 g/mol. The summed E-state index contributed by atoms with van der Waals surface area (Å²) in [5, 5.41) is 18.2. The predicted molar refractivity (Wildman–Crippen MR) is 147 cm³/mol. The van der Waals surface area contributed by atoms with Gasteiger partial charge in [-0.2, -0.15) is 4.31 Å². The molecule has 0 spiro atoms. The topological polar surface area (TPSA) is 121 Å². The first-order valence-corrected chi connectivity index (χ1v) is 14.1. The van der Waals surface area contributed by atoms with Gasteiger partial charge in [-0.05, 0) is 66.8 Å². The van der Waals surface area contributed by atoms with Crippen LogP contribution < -0.4 is 4.74 Å². The normalized spacial score (nSPS) is 18.7. The van der Waals surface area contributed by atoms with E-state index < -0.39 is 34.6 Å². The van der Waals surface area contributed by atoms with E-state index in [4.69, 9.17) is 4.74 Å². The smallest absolute Gasteiger partial charge is 0.304 e. The predicted octanol–water partition coefficient (Wildman–Crippen LogP) is 5.64. The number of nitrogens with zero attached hydrogens (tertiary/aromatic N) is 4. The van der Waals surface area contributed by atoms with Gasteiger partial charge in [0.05, 0.1) is 18.5 Å². The molecule has 1 aliphatic rings. The Bertz CT molecular complexity index is 1570. The molecule has 11 heteroatoms. The molecule has 0 bridgehead atoms. The number of aromatic nitrogens is 3.